The number of rotatable bonds is 6. The largest absolute Gasteiger partial charge is 0.341 e. The number of ketones is 1. The van der Waals surface area contributed by atoms with Crippen LogP contribution in [0.25, 0.3) is 0 Å². The maximum Gasteiger partial charge on any atom is 0.275 e. The number of hydrogen-bond donors (Lipinski definition) is 2. The summed E-state index contributed by atoms with van der Waals surface area (Å²) in [6, 6.07) is 9.41. The van der Waals surface area contributed by atoms with Gasteiger partial charge < -0.3 is 10.2 Å². The number of carbonyl (C=O) groups excluding carboxylic acids is 2. The third kappa shape index (κ3) is 5.26. The molecule has 1 aromatic rings. The van der Waals surface area contributed by atoms with Gasteiger partial charge in [-0.1, -0.05) is 37.3 Å². The molecule has 0 saturated carbocycles. The van der Waals surface area contributed by atoms with Gasteiger partial charge in [-0.05, 0) is 37.7 Å². The van der Waals surface area contributed by atoms with Crippen LogP contribution in [-0.4, -0.2) is 37.4 Å². The van der Waals surface area contributed by atoms with Gasteiger partial charge in [-0.2, -0.15) is 0 Å². The number of benzene rings is 1. The van der Waals surface area contributed by atoms with Crippen LogP contribution >= 0.6 is 0 Å². The van der Waals surface area contributed by atoms with Crippen molar-refractivity contribution in [2.45, 2.75) is 39.2 Å². The number of hydrogen-bond acceptors (Lipinski definition) is 2. The molecule has 0 radical (unpaired) electrons. The molecule has 4 nitrogen and oxygen atoms in total. The van der Waals surface area contributed by atoms with E-state index in [0.717, 1.165) is 24.6 Å². The zero-order valence-electron chi connectivity index (χ0n) is 13.6. The van der Waals surface area contributed by atoms with Gasteiger partial charge in [0.15, 0.2) is 12.3 Å². The van der Waals surface area contributed by atoms with Gasteiger partial charge in [-0.25, -0.2) is 0 Å². The van der Waals surface area contributed by atoms with Crippen LogP contribution < -0.4 is 10.2 Å². The second-order valence-electron chi connectivity index (χ2n) is 6.53. The SMILES string of the molecule is CC(=O)[C@@H](Cc1ccccc1)NC(=O)C[NH+]1CCC(C)CC1. The van der Waals surface area contributed by atoms with Crippen molar-refractivity contribution in [2.75, 3.05) is 19.6 Å². The fourth-order valence-electron chi connectivity index (χ4n) is 2.97. The van der Waals surface area contributed by atoms with E-state index in [1.165, 1.54) is 17.7 Å². The summed E-state index contributed by atoms with van der Waals surface area (Å²) < 4.78 is 0. The van der Waals surface area contributed by atoms with Crippen LogP contribution in [0.3, 0.4) is 0 Å². The Balaban J connectivity index is 1.85. The van der Waals surface area contributed by atoms with Crippen molar-refractivity contribution in [3.05, 3.63) is 35.9 Å². The lowest BCUT2D eigenvalue weighted by molar-refractivity contribution is -0.898. The number of quaternary nitrogens is 1. The minimum Gasteiger partial charge on any atom is -0.341 e. The van der Waals surface area contributed by atoms with Gasteiger partial charge in [-0.3, -0.25) is 9.59 Å². The third-order valence-electron chi connectivity index (χ3n) is 4.50. The Bertz CT molecular complexity index is 493. The van der Waals surface area contributed by atoms with E-state index < -0.39 is 6.04 Å². The van der Waals surface area contributed by atoms with Gasteiger partial charge in [0.1, 0.15) is 0 Å². The summed E-state index contributed by atoms with van der Waals surface area (Å²) in [5.41, 5.74) is 1.07. The van der Waals surface area contributed by atoms with E-state index >= 15 is 0 Å². The number of Topliss-reactive ketones (excluding diaryl/α,β-unsaturated/α-hetero) is 1. The van der Waals surface area contributed by atoms with E-state index in [1.807, 2.05) is 30.3 Å². The standard InChI is InChI=1S/C18H26N2O2/c1-14-8-10-20(11-9-14)13-18(22)19-17(15(2)21)12-16-6-4-3-5-7-16/h3-7,14,17H,8-13H2,1-2H3,(H,19,22)/p+1/t17-/m1/s1. The summed E-state index contributed by atoms with van der Waals surface area (Å²) in [6.07, 6.45) is 2.93. The van der Waals surface area contributed by atoms with E-state index in [0.29, 0.717) is 13.0 Å². The van der Waals surface area contributed by atoms with Crippen molar-refractivity contribution in [3.8, 4) is 0 Å². The average molecular weight is 303 g/mol. The van der Waals surface area contributed by atoms with Crippen LogP contribution in [-0.2, 0) is 16.0 Å². The van der Waals surface area contributed by atoms with Crippen LogP contribution in [0.5, 0.6) is 0 Å². The van der Waals surface area contributed by atoms with Crippen molar-refractivity contribution < 1.29 is 14.5 Å². The summed E-state index contributed by atoms with van der Waals surface area (Å²) in [4.78, 5) is 25.3. The molecule has 1 aliphatic rings. The van der Waals surface area contributed by atoms with Crippen LogP contribution in [0.2, 0.25) is 0 Å². The molecule has 2 rings (SSSR count). The first-order valence-electron chi connectivity index (χ1n) is 8.22. The minimum absolute atomic E-state index is 0.0133. The Morgan fingerprint density at radius 1 is 1.23 bits per heavy atom. The highest BCUT2D eigenvalue weighted by Gasteiger charge is 2.24. The molecular formula is C18H27N2O2+. The molecule has 1 amide bonds. The topological polar surface area (TPSA) is 50.6 Å². The Morgan fingerprint density at radius 3 is 2.45 bits per heavy atom. The lowest BCUT2D eigenvalue weighted by atomic mass is 9.99. The fourth-order valence-corrected chi connectivity index (χ4v) is 2.97. The third-order valence-corrected chi connectivity index (χ3v) is 4.50. The van der Waals surface area contributed by atoms with Crippen LogP contribution in [0, 0.1) is 5.92 Å². The zero-order valence-corrected chi connectivity index (χ0v) is 13.6. The average Bonchev–Trinajstić information content (AvgIpc) is 2.50. The molecule has 1 atom stereocenters. The Hall–Kier alpha value is -1.68. The second-order valence-corrected chi connectivity index (χ2v) is 6.53. The van der Waals surface area contributed by atoms with Gasteiger partial charge in [-0.15, -0.1) is 0 Å². The molecular weight excluding hydrogens is 276 g/mol. The maximum atomic E-state index is 12.2. The number of amides is 1. The Labute approximate surface area is 132 Å². The quantitative estimate of drug-likeness (QED) is 0.809. The lowest BCUT2D eigenvalue weighted by Gasteiger charge is -2.27. The number of carbonyl (C=O) groups is 2. The van der Waals surface area contributed by atoms with Gasteiger partial charge in [0.05, 0.1) is 19.1 Å². The highest BCUT2D eigenvalue weighted by Crippen LogP contribution is 2.06. The molecule has 1 aromatic carbocycles. The van der Waals surface area contributed by atoms with Gasteiger partial charge >= 0.3 is 0 Å². The summed E-state index contributed by atoms with van der Waals surface area (Å²) in [5.74, 6) is 0.773. The molecule has 0 aliphatic carbocycles. The molecule has 0 aromatic heterocycles. The molecule has 1 saturated heterocycles. The van der Waals surface area contributed by atoms with Crippen molar-refractivity contribution >= 4 is 11.7 Å². The van der Waals surface area contributed by atoms with E-state index in [1.54, 1.807) is 6.92 Å². The monoisotopic (exact) mass is 303 g/mol. The molecule has 2 N–H and O–H groups in total. The molecule has 1 fully saturated rings. The van der Waals surface area contributed by atoms with Crippen LogP contribution in [0.1, 0.15) is 32.3 Å². The summed E-state index contributed by atoms with van der Waals surface area (Å²) in [6.45, 7) is 6.40. The number of piperidine rings is 1. The maximum absolute atomic E-state index is 12.2. The van der Waals surface area contributed by atoms with E-state index in [4.69, 9.17) is 0 Å². The molecule has 0 unspecified atom stereocenters. The number of nitrogens with one attached hydrogen (secondary N) is 2. The summed E-state index contributed by atoms with van der Waals surface area (Å²) >= 11 is 0. The molecule has 1 heterocycles. The van der Waals surface area contributed by atoms with Crippen LogP contribution in [0.15, 0.2) is 30.3 Å². The predicted octanol–water partition coefficient (Wildman–Crippen LogP) is 0.618. The first-order chi connectivity index (χ1) is 10.5. The first kappa shape index (κ1) is 16.7. The predicted molar refractivity (Wildman–Crippen MR) is 86.7 cm³/mol. The van der Waals surface area contributed by atoms with Crippen molar-refractivity contribution in [1.29, 1.82) is 0 Å². The second kappa shape index (κ2) is 8.08. The van der Waals surface area contributed by atoms with Gasteiger partial charge in [0.25, 0.3) is 5.91 Å². The number of likely N-dealkylation sites (tertiary alicyclic amines) is 1. The summed E-state index contributed by atoms with van der Waals surface area (Å²) in [7, 11) is 0. The van der Waals surface area contributed by atoms with E-state index in [-0.39, 0.29) is 11.7 Å². The lowest BCUT2D eigenvalue weighted by Crippen LogP contribution is -3.14. The minimum atomic E-state index is -0.419. The molecule has 0 spiro atoms. The Morgan fingerprint density at radius 2 is 1.86 bits per heavy atom. The van der Waals surface area contributed by atoms with Crippen molar-refractivity contribution in [2.24, 2.45) is 5.92 Å². The summed E-state index contributed by atoms with van der Waals surface area (Å²) in [5, 5.41) is 2.91. The first-order valence-corrected chi connectivity index (χ1v) is 8.22. The molecule has 0 bridgehead atoms. The van der Waals surface area contributed by atoms with Crippen LogP contribution in [0.4, 0.5) is 0 Å². The molecule has 1 aliphatic heterocycles. The van der Waals surface area contributed by atoms with E-state index in [2.05, 4.69) is 12.2 Å². The molecule has 4 heteroatoms. The molecule has 22 heavy (non-hydrogen) atoms. The van der Waals surface area contributed by atoms with Gasteiger partial charge in [0, 0.05) is 0 Å². The van der Waals surface area contributed by atoms with Crippen molar-refractivity contribution in [3.63, 3.8) is 0 Å². The Kier molecular flexibility index (Phi) is 6.13. The normalized spacial score (nSPS) is 22.8. The smallest absolute Gasteiger partial charge is 0.275 e. The zero-order chi connectivity index (χ0) is 15.9. The van der Waals surface area contributed by atoms with E-state index in [9.17, 15) is 9.59 Å². The van der Waals surface area contributed by atoms with Gasteiger partial charge in [0.2, 0.25) is 0 Å². The molecule has 120 valence electrons. The van der Waals surface area contributed by atoms with Crippen molar-refractivity contribution in [1.82, 2.24) is 5.32 Å². The highest BCUT2D eigenvalue weighted by atomic mass is 16.2. The highest BCUT2D eigenvalue weighted by molar-refractivity contribution is 5.88. The fraction of sp³-hybridized carbons (Fsp3) is 0.556.